The van der Waals surface area contributed by atoms with E-state index < -0.39 is 0 Å². The van der Waals surface area contributed by atoms with Gasteiger partial charge in [-0.15, -0.1) is 0 Å². The van der Waals surface area contributed by atoms with Gasteiger partial charge in [-0.1, -0.05) is 30.4 Å². The van der Waals surface area contributed by atoms with Gasteiger partial charge in [-0.3, -0.25) is 4.99 Å². The quantitative estimate of drug-likeness (QED) is 0.509. The van der Waals surface area contributed by atoms with E-state index in [-0.39, 0.29) is 0 Å². The summed E-state index contributed by atoms with van der Waals surface area (Å²) >= 11 is 0. The number of nitrogens with zero attached hydrogens (tertiary/aromatic N) is 2. The smallest absolute Gasteiger partial charge is 0.191 e. The second kappa shape index (κ2) is 7.34. The summed E-state index contributed by atoms with van der Waals surface area (Å²) < 4.78 is 0. The lowest BCUT2D eigenvalue weighted by atomic mass is 10.1. The van der Waals surface area contributed by atoms with Gasteiger partial charge in [-0.2, -0.15) is 0 Å². The molecule has 2 N–H and O–H groups in total. The summed E-state index contributed by atoms with van der Waals surface area (Å²) in [5.74, 6) is 1.62. The number of nitrogens with one attached hydrogen (secondary N) is 2. The molecule has 0 aromatic heterocycles. The number of benzene rings is 1. The molecule has 3 rings (SSSR count). The predicted molar refractivity (Wildman–Crippen MR) is 93.4 cm³/mol. The van der Waals surface area contributed by atoms with Gasteiger partial charge in [0.15, 0.2) is 5.96 Å². The lowest BCUT2D eigenvalue weighted by Crippen LogP contribution is -2.44. The van der Waals surface area contributed by atoms with Crippen molar-refractivity contribution in [3.63, 3.8) is 0 Å². The molecule has 4 nitrogen and oxygen atoms in total. The van der Waals surface area contributed by atoms with Gasteiger partial charge in [0.1, 0.15) is 0 Å². The molecule has 0 radical (unpaired) electrons. The van der Waals surface area contributed by atoms with Gasteiger partial charge in [-0.25, -0.2) is 0 Å². The van der Waals surface area contributed by atoms with E-state index in [1.165, 1.54) is 12.1 Å². The van der Waals surface area contributed by atoms with Crippen molar-refractivity contribution in [2.75, 3.05) is 31.6 Å². The van der Waals surface area contributed by atoms with E-state index in [1.54, 1.807) is 0 Å². The summed E-state index contributed by atoms with van der Waals surface area (Å²) in [4.78, 5) is 6.82. The molecule has 1 aliphatic carbocycles. The van der Waals surface area contributed by atoms with E-state index in [1.807, 2.05) is 7.05 Å². The van der Waals surface area contributed by atoms with Gasteiger partial charge in [0.05, 0.1) is 0 Å². The van der Waals surface area contributed by atoms with E-state index in [9.17, 15) is 0 Å². The number of rotatable bonds is 4. The number of para-hydroxylation sites is 1. The Morgan fingerprint density at radius 1 is 1.23 bits per heavy atom. The van der Waals surface area contributed by atoms with Crippen LogP contribution in [0.1, 0.15) is 19.3 Å². The molecule has 1 aromatic rings. The molecule has 4 heteroatoms. The third-order valence-electron chi connectivity index (χ3n) is 4.54. The minimum atomic E-state index is 0.510. The van der Waals surface area contributed by atoms with Crippen LogP contribution in [0.3, 0.4) is 0 Å². The highest BCUT2D eigenvalue weighted by atomic mass is 15.2. The van der Waals surface area contributed by atoms with Crippen molar-refractivity contribution in [1.29, 1.82) is 0 Å². The Labute approximate surface area is 133 Å². The molecule has 1 atom stereocenters. The minimum Gasteiger partial charge on any atom is -0.371 e. The molecule has 118 valence electrons. The molecular weight excluding hydrogens is 272 g/mol. The zero-order valence-corrected chi connectivity index (χ0v) is 13.3. The first kappa shape index (κ1) is 14.9. The highest BCUT2D eigenvalue weighted by Gasteiger charge is 2.23. The monoisotopic (exact) mass is 298 g/mol. The molecule has 1 heterocycles. The summed E-state index contributed by atoms with van der Waals surface area (Å²) in [6.45, 7) is 3.26. The molecule has 0 spiro atoms. The minimum absolute atomic E-state index is 0.510. The van der Waals surface area contributed by atoms with Crippen LogP contribution in [0.5, 0.6) is 0 Å². The molecule has 0 amide bonds. The van der Waals surface area contributed by atoms with E-state index in [0.29, 0.717) is 12.0 Å². The van der Waals surface area contributed by atoms with E-state index >= 15 is 0 Å². The molecule has 1 aromatic carbocycles. The summed E-state index contributed by atoms with van der Waals surface area (Å²) in [6.07, 6.45) is 7.92. The van der Waals surface area contributed by atoms with E-state index in [0.717, 1.165) is 38.4 Å². The third kappa shape index (κ3) is 3.81. The Kier molecular flexibility index (Phi) is 4.99. The highest BCUT2D eigenvalue weighted by Crippen LogP contribution is 2.22. The number of guanidine groups is 1. The summed E-state index contributed by atoms with van der Waals surface area (Å²) in [5.41, 5.74) is 1.34. The number of hydrogen-bond donors (Lipinski definition) is 2. The van der Waals surface area contributed by atoms with Crippen molar-refractivity contribution in [2.45, 2.75) is 25.3 Å². The fourth-order valence-corrected chi connectivity index (χ4v) is 3.24. The van der Waals surface area contributed by atoms with Crippen LogP contribution in [-0.4, -0.2) is 38.7 Å². The number of anilines is 1. The van der Waals surface area contributed by atoms with Crippen molar-refractivity contribution in [2.24, 2.45) is 10.9 Å². The van der Waals surface area contributed by atoms with Crippen molar-refractivity contribution in [3.05, 3.63) is 42.5 Å². The predicted octanol–water partition coefficient (Wildman–Crippen LogP) is 2.40. The Morgan fingerprint density at radius 2 is 2.00 bits per heavy atom. The Balaban J connectivity index is 1.44. The Hall–Kier alpha value is -1.97. The van der Waals surface area contributed by atoms with E-state index in [2.05, 4.69) is 63.0 Å². The summed E-state index contributed by atoms with van der Waals surface area (Å²) in [5, 5.41) is 6.99. The maximum atomic E-state index is 4.34. The van der Waals surface area contributed by atoms with Crippen LogP contribution in [0.25, 0.3) is 0 Å². The van der Waals surface area contributed by atoms with Gasteiger partial charge in [-0.05, 0) is 37.3 Å². The molecule has 22 heavy (non-hydrogen) atoms. The topological polar surface area (TPSA) is 39.7 Å². The first-order chi connectivity index (χ1) is 10.8. The Bertz CT molecular complexity index is 515. The molecule has 1 fully saturated rings. The summed E-state index contributed by atoms with van der Waals surface area (Å²) in [7, 11) is 1.85. The largest absolute Gasteiger partial charge is 0.371 e. The average Bonchev–Trinajstić information content (AvgIpc) is 3.24. The zero-order chi connectivity index (χ0) is 15.2. The van der Waals surface area contributed by atoms with Gasteiger partial charge < -0.3 is 15.5 Å². The standard InChI is InChI=1S/C18H26N4/c1-19-18(21-16-7-5-6-8-16)20-13-15-11-12-22(14-15)17-9-3-2-4-10-17/h2-6,9-10,15-16H,7-8,11-14H2,1H3,(H2,19,20,21). The van der Waals surface area contributed by atoms with Crippen LogP contribution >= 0.6 is 0 Å². The van der Waals surface area contributed by atoms with Crippen molar-refractivity contribution in [1.82, 2.24) is 10.6 Å². The van der Waals surface area contributed by atoms with Crippen LogP contribution in [0.4, 0.5) is 5.69 Å². The van der Waals surface area contributed by atoms with E-state index in [4.69, 9.17) is 0 Å². The van der Waals surface area contributed by atoms with Crippen LogP contribution in [0.15, 0.2) is 47.5 Å². The maximum Gasteiger partial charge on any atom is 0.191 e. The van der Waals surface area contributed by atoms with Crippen LogP contribution < -0.4 is 15.5 Å². The fourth-order valence-electron chi connectivity index (χ4n) is 3.24. The molecular formula is C18H26N4. The van der Waals surface area contributed by atoms with Gasteiger partial charge in [0.25, 0.3) is 0 Å². The normalized spacial score (nSPS) is 22.3. The van der Waals surface area contributed by atoms with Gasteiger partial charge in [0.2, 0.25) is 0 Å². The number of hydrogen-bond acceptors (Lipinski definition) is 2. The highest BCUT2D eigenvalue weighted by molar-refractivity contribution is 5.80. The molecule has 0 saturated carbocycles. The molecule has 0 bridgehead atoms. The van der Waals surface area contributed by atoms with Crippen LogP contribution in [-0.2, 0) is 0 Å². The lowest BCUT2D eigenvalue weighted by Gasteiger charge is -2.20. The first-order valence-corrected chi connectivity index (χ1v) is 8.27. The summed E-state index contributed by atoms with van der Waals surface area (Å²) in [6, 6.07) is 11.2. The van der Waals surface area contributed by atoms with Crippen molar-refractivity contribution < 1.29 is 0 Å². The first-order valence-electron chi connectivity index (χ1n) is 8.27. The molecule has 1 saturated heterocycles. The zero-order valence-electron chi connectivity index (χ0n) is 13.3. The van der Waals surface area contributed by atoms with Crippen LogP contribution in [0, 0.1) is 5.92 Å². The fraction of sp³-hybridized carbons (Fsp3) is 0.500. The number of aliphatic imine (C=N–C) groups is 1. The third-order valence-corrected chi connectivity index (χ3v) is 4.54. The average molecular weight is 298 g/mol. The molecule has 2 aliphatic rings. The SMILES string of the molecule is CN=C(NCC1CCN(c2ccccc2)C1)NC1CC=CC1. The second-order valence-corrected chi connectivity index (χ2v) is 6.17. The van der Waals surface area contributed by atoms with Crippen molar-refractivity contribution >= 4 is 11.6 Å². The van der Waals surface area contributed by atoms with Crippen molar-refractivity contribution in [3.8, 4) is 0 Å². The maximum absolute atomic E-state index is 4.34. The molecule has 1 unspecified atom stereocenters. The molecule has 1 aliphatic heterocycles. The van der Waals surface area contributed by atoms with Gasteiger partial charge in [0, 0.05) is 38.4 Å². The van der Waals surface area contributed by atoms with Crippen LogP contribution in [0.2, 0.25) is 0 Å². The second-order valence-electron chi connectivity index (χ2n) is 6.17. The lowest BCUT2D eigenvalue weighted by molar-refractivity contribution is 0.555. The van der Waals surface area contributed by atoms with Gasteiger partial charge >= 0.3 is 0 Å². The Morgan fingerprint density at radius 3 is 2.73 bits per heavy atom.